The van der Waals surface area contributed by atoms with Crippen LogP contribution in [0.3, 0.4) is 0 Å². The molecule has 0 aliphatic rings. The maximum atomic E-state index is 10.1. The zero-order chi connectivity index (χ0) is 27.0. The van der Waals surface area contributed by atoms with Crippen molar-refractivity contribution in [2.45, 2.75) is 69.6 Å². The van der Waals surface area contributed by atoms with E-state index in [9.17, 15) is 19.2 Å². The largest absolute Gasteiger partial charge is 0.480 e. The van der Waals surface area contributed by atoms with Gasteiger partial charge in [-0.2, -0.15) is 12.6 Å². The Labute approximate surface area is 199 Å². The zero-order valence-corrected chi connectivity index (χ0v) is 19.9. The van der Waals surface area contributed by atoms with Crippen LogP contribution in [0.2, 0.25) is 0 Å². The molecule has 0 radical (unpaired) electrons. The third kappa shape index (κ3) is 34.8. The Hall–Kier alpha value is -2.01. The molecule has 0 rings (SSSR count). The van der Waals surface area contributed by atoms with E-state index < -0.39 is 48.0 Å². The zero-order valence-electron chi connectivity index (χ0n) is 19.0. The van der Waals surface area contributed by atoms with Gasteiger partial charge in [-0.05, 0) is 45.7 Å². The summed E-state index contributed by atoms with van der Waals surface area (Å²) in [5.41, 5.74) is 30.6. The number of unbranched alkanes of at least 4 members (excludes halogenated alkanes) is 2. The molecule has 0 aliphatic heterocycles. The van der Waals surface area contributed by atoms with Crippen LogP contribution in [0.15, 0.2) is 0 Å². The van der Waals surface area contributed by atoms with Crippen molar-refractivity contribution in [1.29, 1.82) is 0 Å². The van der Waals surface area contributed by atoms with Crippen LogP contribution < -0.4 is 34.4 Å². The lowest BCUT2D eigenvalue weighted by atomic mass is 10.1. The molecule has 198 valence electrons. The van der Waals surface area contributed by atoms with Gasteiger partial charge in [0.05, 0.1) is 0 Å². The molecule has 0 aromatic rings. The summed E-state index contributed by atoms with van der Waals surface area (Å²) in [6.07, 6.45) is 4.33. The highest BCUT2D eigenvalue weighted by Crippen LogP contribution is 1.97. The average Bonchev–Trinajstić information content (AvgIpc) is 2.74. The van der Waals surface area contributed by atoms with Crippen LogP contribution in [-0.4, -0.2) is 87.3 Å². The van der Waals surface area contributed by atoms with E-state index in [0.717, 1.165) is 25.7 Å². The molecule has 0 heterocycles. The number of carboxylic acid groups (broad SMARTS) is 4. The minimum absolute atomic E-state index is 0.190. The first kappa shape index (κ1) is 38.3. The number of hydrogen-bond donors (Lipinski definition) is 11. The van der Waals surface area contributed by atoms with Crippen molar-refractivity contribution in [1.82, 2.24) is 0 Å². The minimum atomic E-state index is -1.00. The molecular formula is C18H42N6O8S. The number of hydrogen-bond acceptors (Lipinski definition) is 11. The van der Waals surface area contributed by atoms with Gasteiger partial charge < -0.3 is 54.8 Å². The normalized spacial score (nSPS) is 13.2. The fourth-order valence-corrected chi connectivity index (χ4v) is 1.50. The highest BCUT2D eigenvalue weighted by Gasteiger charge is 2.10. The van der Waals surface area contributed by atoms with Crippen molar-refractivity contribution in [2.75, 3.05) is 18.8 Å². The van der Waals surface area contributed by atoms with Crippen molar-refractivity contribution in [2.24, 2.45) is 34.4 Å². The second kappa shape index (κ2) is 26.2. The van der Waals surface area contributed by atoms with Crippen molar-refractivity contribution >= 4 is 36.5 Å². The minimum Gasteiger partial charge on any atom is -0.480 e. The lowest BCUT2D eigenvalue weighted by molar-refractivity contribution is -0.139. The van der Waals surface area contributed by atoms with Crippen LogP contribution >= 0.6 is 12.6 Å². The summed E-state index contributed by atoms with van der Waals surface area (Å²) in [7, 11) is 0. The molecule has 0 spiro atoms. The van der Waals surface area contributed by atoms with Gasteiger partial charge in [0.15, 0.2) is 0 Å². The Bertz CT molecular complexity index is 502. The third-order valence-electron chi connectivity index (χ3n) is 3.48. The Kier molecular flexibility index (Phi) is 30.4. The smallest absolute Gasteiger partial charge is 0.321 e. The van der Waals surface area contributed by atoms with Gasteiger partial charge in [-0.3, -0.25) is 19.2 Å². The van der Waals surface area contributed by atoms with Gasteiger partial charge in [0, 0.05) is 5.75 Å². The maximum absolute atomic E-state index is 10.1. The number of thiol groups is 1. The van der Waals surface area contributed by atoms with Gasteiger partial charge in [-0.15, -0.1) is 0 Å². The molecule has 0 aromatic carbocycles. The van der Waals surface area contributed by atoms with E-state index in [1.807, 2.05) is 0 Å². The lowest BCUT2D eigenvalue weighted by Crippen LogP contribution is -2.31. The molecule has 14 nitrogen and oxygen atoms in total. The fraction of sp³-hybridized carbons (Fsp3) is 0.778. The molecule has 0 saturated carbocycles. The van der Waals surface area contributed by atoms with E-state index in [1.54, 1.807) is 0 Å². The summed E-state index contributed by atoms with van der Waals surface area (Å²) in [6.45, 7) is 2.63. The molecule has 16 N–H and O–H groups in total. The molecule has 4 atom stereocenters. The predicted molar refractivity (Wildman–Crippen MR) is 128 cm³/mol. The van der Waals surface area contributed by atoms with Gasteiger partial charge >= 0.3 is 23.9 Å². The highest BCUT2D eigenvalue weighted by atomic mass is 32.1. The van der Waals surface area contributed by atoms with E-state index in [-0.39, 0.29) is 5.75 Å². The molecule has 0 aromatic heterocycles. The first-order valence-corrected chi connectivity index (χ1v) is 10.8. The Morgan fingerprint density at radius 1 is 0.636 bits per heavy atom. The molecule has 0 amide bonds. The number of nitrogens with two attached hydrogens (primary N) is 6. The summed E-state index contributed by atoms with van der Waals surface area (Å²) in [6, 6.07) is -2.98. The Morgan fingerprint density at radius 2 is 0.909 bits per heavy atom. The van der Waals surface area contributed by atoms with Crippen molar-refractivity contribution < 1.29 is 39.6 Å². The number of rotatable bonds is 13. The van der Waals surface area contributed by atoms with Gasteiger partial charge in [0.2, 0.25) is 0 Å². The first-order chi connectivity index (χ1) is 15.2. The van der Waals surface area contributed by atoms with Gasteiger partial charge in [-0.1, -0.05) is 12.8 Å². The summed E-state index contributed by atoms with van der Waals surface area (Å²) in [5.74, 6) is -3.64. The van der Waals surface area contributed by atoms with E-state index in [0.29, 0.717) is 25.9 Å². The summed E-state index contributed by atoms with van der Waals surface area (Å²) in [4.78, 5) is 39.6. The quantitative estimate of drug-likeness (QED) is 0.0940. The number of aliphatic carboxylic acids is 4. The molecule has 0 aliphatic carbocycles. The fourth-order valence-electron chi connectivity index (χ4n) is 1.34. The van der Waals surface area contributed by atoms with Gasteiger partial charge in [0.1, 0.15) is 24.2 Å². The van der Waals surface area contributed by atoms with Crippen molar-refractivity contribution in [3.05, 3.63) is 0 Å². The Morgan fingerprint density at radius 3 is 1.03 bits per heavy atom. The standard InChI is InChI=1S/2C6H14N2O2.C3H7NO2S.C3H7NO2/c2*7-4-2-1-3-5(8)6(9)10;4-2(1-7)3(5)6;1-2(4)3(5)6/h2*5H,1-4,7-8H2,(H,9,10);2,7H,1,4H2,(H,5,6);2H,4H2,1H3,(H,5,6)/t2*5-;2*2-/m0000/s1. The monoisotopic (exact) mass is 502 g/mol. The second-order valence-corrected chi connectivity index (χ2v) is 7.08. The maximum Gasteiger partial charge on any atom is 0.321 e. The predicted octanol–water partition coefficient (Wildman–Crippen LogP) is -2.20. The molecule has 0 saturated heterocycles. The van der Waals surface area contributed by atoms with E-state index in [4.69, 9.17) is 54.8 Å². The molecule has 0 bridgehead atoms. The van der Waals surface area contributed by atoms with E-state index >= 15 is 0 Å². The average molecular weight is 503 g/mol. The molecule has 0 unspecified atom stereocenters. The first-order valence-electron chi connectivity index (χ1n) is 10.1. The van der Waals surface area contributed by atoms with Crippen LogP contribution in [0, 0.1) is 0 Å². The van der Waals surface area contributed by atoms with Crippen LogP contribution in [0.5, 0.6) is 0 Å². The highest BCUT2D eigenvalue weighted by molar-refractivity contribution is 7.80. The van der Waals surface area contributed by atoms with Gasteiger partial charge in [0.25, 0.3) is 0 Å². The summed E-state index contributed by atoms with van der Waals surface area (Å²) >= 11 is 3.65. The topological polar surface area (TPSA) is 305 Å². The van der Waals surface area contributed by atoms with E-state index in [2.05, 4.69) is 12.6 Å². The third-order valence-corrected chi connectivity index (χ3v) is 3.87. The van der Waals surface area contributed by atoms with Crippen LogP contribution in [-0.2, 0) is 19.2 Å². The molecule has 15 heteroatoms. The molecular weight excluding hydrogens is 460 g/mol. The van der Waals surface area contributed by atoms with E-state index in [1.165, 1.54) is 6.92 Å². The number of carboxylic acids is 4. The van der Waals surface area contributed by atoms with Crippen LogP contribution in [0.4, 0.5) is 0 Å². The molecule has 33 heavy (non-hydrogen) atoms. The van der Waals surface area contributed by atoms with Crippen LogP contribution in [0.1, 0.15) is 45.4 Å². The second-order valence-electron chi connectivity index (χ2n) is 6.71. The summed E-state index contributed by atoms with van der Waals surface area (Å²) < 4.78 is 0. The van der Waals surface area contributed by atoms with Gasteiger partial charge in [-0.25, -0.2) is 0 Å². The Balaban J connectivity index is -0.000000174. The van der Waals surface area contributed by atoms with Crippen LogP contribution in [0.25, 0.3) is 0 Å². The SMILES string of the molecule is C[C@H](N)C(=O)O.NCCCC[C@H](N)C(=O)O.NCCCC[C@H](N)C(=O)O.N[C@@H](CS)C(=O)O. The number of carbonyl (C=O) groups is 4. The van der Waals surface area contributed by atoms with Crippen molar-refractivity contribution in [3.8, 4) is 0 Å². The van der Waals surface area contributed by atoms with Crippen molar-refractivity contribution in [3.63, 3.8) is 0 Å². The molecule has 0 fully saturated rings. The lowest BCUT2D eigenvalue weighted by Gasteiger charge is -2.03. The summed E-state index contributed by atoms with van der Waals surface area (Å²) in [5, 5.41) is 32.5.